The summed E-state index contributed by atoms with van der Waals surface area (Å²) in [4.78, 5) is 10.2. The molecule has 0 fully saturated rings. The Kier molecular flexibility index (Phi) is 4.43. The van der Waals surface area contributed by atoms with Gasteiger partial charge in [0, 0.05) is 5.92 Å². The van der Waals surface area contributed by atoms with E-state index in [1.165, 1.54) is 0 Å². The van der Waals surface area contributed by atoms with Gasteiger partial charge in [-0.25, -0.2) is 0 Å². The lowest BCUT2D eigenvalue weighted by atomic mass is 10.0. The summed E-state index contributed by atoms with van der Waals surface area (Å²) in [6.07, 6.45) is 9.95. The number of carbonyl (C=O) groups is 1. The second-order valence-corrected chi connectivity index (χ2v) is 3.15. The van der Waals surface area contributed by atoms with Gasteiger partial charge in [-0.1, -0.05) is 24.3 Å². The Morgan fingerprint density at radius 3 is 3.08 bits per heavy atom. The molecular formula is C10H15NO2. The summed E-state index contributed by atoms with van der Waals surface area (Å²) >= 11 is 0. The third-order valence-corrected chi connectivity index (χ3v) is 1.89. The summed E-state index contributed by atoms with van der Waals surface area (Å²) in [5, 5.41) is 0. The van der Waals surface area contributed by atoms with Crippen LogP contribution in [0, 0.1) is 5.92 Å². The minimum Gasteiger partial charge on any atom is -0.379 e. The van der Waals surface area contributed by atoms with E-state index in [4.69, 9.17) is 10.5 Å². The van der Waals surface area contributed by atoms with Crippen LogP contribution in [0.4, 0.5) is 0 Å². The van der Waals surface area contributed by atoms with Gasteiger partial charge in [0.2, 0.25) is 0 Å². The van der Waals surface area contributed by atoms with E-state index in [0.29, 0.717) is 25.4 Å². The summed E-state index contributed by atoms with van der Waals surface area (Å²) in [6.45, 7) is 0.958. The average molecular weight is 181 g/mol. The van der Waals surface area contributed by atoms with Crippen LogP contribution in [0.2, 0.25) is 0 Å². The van der Waals surface area contributed by atoms with Gasteiger partial charge in [-0.2, -0.15) is 0 Å². The Morgan fingerprint density at radius 2 is 2.46 bits per heavy atom. The third-order valence-electron chi connectivity index (χ3n) is 1.89. The average Bonchev–Trinajstić information content (AvgIpc) is 2.19. The molecule has 0 aromatic rings. The van der Waals surface area contributed by atoms with Crippen molar-refractivity contribution >= 4 is 6.29 Å². The minimum absolute atomic E-state index is 0.317. The Balaban J connectivity index is 2.09. The molecule has 1 rings (SSSR count). The van der Waals surface area contributed by atoms with E-state index in [2.05, 4.69) is 12.2 Å². The quantitative estimate of drug-likeness (QED) is 0.634. The van der Waals surface area contributed by atoms with Crippen LogP contribution in [-0.2, 0) is 9.53 Å². The third kappa shape index (κ3) is 4.01. The maximum Gasteiger partial charge on any atom is 0.139 e. The van der Waals surface area contributed by atoms with Gasteiger partial charge in [-0.05, 0) is 6.42 Å². The highest BCUT2D eigenvalue weighted by Gasteiger charge is 2.06. The van der Waals surface area contributed by atoms with Crippen LogP contribution in [0.3, 0.4) is 0 Å². The minimum atomic E-state index is -0.483. The van der Waals surface area contributed by atoms with Crippen LogP contribution in [0.25, 0.3) is 0 Å². The standard InChI is InChI=1S/C10H15NO2/c11-10(6-12)8-13-7-9-4-2-1-3-5-9/h1-4,6,9-10H,5,7-8,11H2. The van der Waals surface area contributed by atoms with E-state index in [9.17, 15) is 4.79 Å². The van der Waals surface area contributed by atoms with Gasteiger partial charge < -0.3 is 15.3 Å². The molecule has 0 spiro atoms. The second-order valence-electron chi connectivity index (χ2n) is 3.15. The van der Waals surface area contributed by atoms with Crippen molar-refractivity contribution in [1.29, 1.82) is 0 Å². The molecule has 0 saturated heterocycles. The molecule has 3 heteroatoms. The molecule has 0 aliphatic heterocycles. The fourth-order valence-electron chi connectivity index (χ4n) is 1.15. The van der Waals surface area contributed by atoms with Gasteiger partial charge in [0.1, 0.15) is 6.29 Å². The van der Waals surface area contributed by atoms with E-state index in [-0.39, 0.29) is 0 Å². The van der Waals surface area contributed by atoms with Crippen molar-refractivity contribution in [3.8, 4) is 0 Å². The summed E-state index contributed by atoms with van der Waals surface area (Å²) in [5.41, 5.74) is 5.36. The normalized spacial score (nSPS) is 23.0. The predicted molar refractivity (Wildman–Crippen MR) is 51.2 cm³/mol. The molecule has 0 bridgehead atoms. The first-order chi connectivity index (χ1) is 6.33. The van der Waals surface area contributed by atoms with Crippen LogP contribution in [-0.4, -0.2) is 25.5 Å². The summed E-state index contributed by atoms with van der Waals surface area (Å²) < 4.78 is 5.28. The molecular weight excluding hydrogens is 166 g/mol. The Labute approximate surface area is 78.3 Å². The Bertz CT molecular complexity index is 211. The lowest BCUT2D eigenvalue weighted by Gasteiger charge is -2.13. The van der Waals surface area contributed by atoms with Gasteiger partial charge >= 0.3 is 0 Å². The highest BCUT2D eigenvalue weighted by atomic mass is 16.5. The molecule has 13 heavy (non-hydrogen) atoms. The summed E-state index contributed by atoms with van der Waals surface area (Å²) in [5.74, 6) is 0.434. The Hall–Kier alpha value is -0.930. The Morgan fingerprint density at radius 1 is 1.62 bits per heavy atom. The predicted octanol–water partition coefficient (Wildman–Crippen LogP) is 0.661. The maximum atomic E-state index is 10.2. The van der Waals surface area contributed by atoms with Crippen molar-refractivity contribution in [2.24, 2.45) is 11.7 Å². The number of ether oxygens (including phenoxy) is 1. The van der Waals surface area contributed by atoms with Gasteiger partial charge in [-0.15, -0.1) is 0 Å². The molecule has 2 atom stereocenters. The van der Waals surface area contributed by atoms with Crippen LogP contribution in [0.5, 0.6) is 0 Å². The first kappa shape index (κ1) is 10.2. The molecule has 2 unspecified atom stereocenters. The van der Waals surface area contributed by atoms with Gasteiger partial charge in [-0.3, -0.25) is 0 Å². The zero-order chi connectivity index (χ0) is 9.52. The molecule has 0 radical (unpaired) electrons. The second kappa shape index (κ2) is 5.67. The molecule has 72 valence electrons. The molecule has 1 aliphatic carbocycles. The zero-order valence-corrected chi connectivity index (χ0v) is 7.56. The number of aldehydes is 1. The van der Waals surface area contributed by atoms with Crippen molar-refractivity contribution < 1.29 is 9.53 Å². The number of nitrogens with two attached hydrogens (primary N) is 1. The van der Waals surface area contributed by atoms with Crippen LogP contribution in [0.1, 0.15) is 6.42 Å². The first-order valence-electron chi connectivity index (χ1n) is 4.45. The van der Waals surface area contributed by atoms with E-state index in [1.54, 1.807) is 0 Å². The molecule has 0 heterocycles. The zero-order valence-electron chi connectivity index (χ0n) is 7.56. The summed E-state index contributed by atoms with van der Waals surface area (Å²) in [7, 11) is 0. The smallest absolute Gasteiger partial charge is 0.139 e. The van der Waals surface area contributed by atoms with E-state index in [0.717, 1.165) is 6.42 Å². The topological polar surface area (TPSA) is 52.3 Å². The first-order valence-corrected chi connectivity index (χ1v) is 4.45. The molecule has 0 saturated carbocycles. The van der Waals surface area contributed by atoms with E-state index < -0.39 is 6.04 Å². The van der Waals surface area contributed by atoms with Crippen LogP contribution < -0.4 is 5.73 Å². The monoisotopic (exact) mass is 181 g/mol. The van der Waals surface area contributed by atoms with Gasteiger partial charge in [0.05, 0.1) is 19.3 Å². The lowest BCUT2D eigenvalue weighted by Crippen LogP contribution is -2.28. The number of rotatable bonds is 5. The number of hydrogen-bond acceptors (Lipinski definition) is 3. The SMILES string of the molecule is NC(C=O)COCC1C=CC=CC1. The molecule has 1 aliphatic rings. The largest absolute Gasteiger partial charge is 0.379 e. The van der Waals surface area contributed by atoms with Crippen molar-refractivity contribution in [3.63, 3.8) is 0 Å². The molecule has 2 N–H and O–H groups in total. The number of hydrogen-bond donors (Lipinski definition) is 1. The maximum absolute atomic E-state index is 10.2. The van der Waals surface area contributed by atoms with E-state index in [1.807, 2.05) is 12.2 Å². The lowest BCUT2D eigenvalue weighted by molar-refractivity contribution is -0.110. The van der Waals surface area contributed by atoms with Gasteiger partial charge in [0.15, 0.2) is 0 Å². The fraction of sp³-hybridized carbons (Fsp3) is 0.500. The number of allylic oxidation sites excluding steroid dienone is 3. The highest BCUT2D eigenvalue weighted by Crippen LogP contribution is 2.11. The van der Waals surface area contributed by atoms with Crippen LogP contribution in [0.15, 0.2) is 24.3 Å². The highest BCUT2D eigenvalue weighted by molar-refractivity contribution is 5.57. The molecule has 0 aromatic carbocycles. The molecule has 3 nitrogen and oxygen atoms in total. The van der Waals surface area contributed by atoms with Crippen LogP contribution >= 0.6 is 0 Å². The van der Waals surface area contributed by atoms with Crippen molar-refractivity contribution in [2.75, 3.05) is 13.2 Å². The van der Waals surface area contributed by atoms with E-state index >= 15 is 0 Å². The van der Waals surface area contributed by atoms with Crippen molar-refractivity contribution in [1.82, 2.24) is 0 Å². The van der Waals surface area contributed by atoms with Crippen molar-refractivity contribution in [2.45, 2.75) is 12.5 Å². The number of carbonyl (C=O) groups excluding carboxylic acids is 1. The summed E-state index contributed by atoms with van der Waals surface area (Å²) in [6, 6.07) is -0.483. The van der Waals surface area contributed by atoms with Crippen molar-refractivity contribution in [3.05, 3.63) is 24.3 Å². The molecule has 0 amide bonds. The fourth-order valence-corrected chi connectivity index (χ4v) is 1.15. The van der Waals surface area contributed by atoms with Gasteiger partial charge in [0.25, 0.3) is 0 Å². The molecule has 0 aromatic heterocycles.